The molecule has 0 spiro atoms. The van der Waals surface area contributed by atoms with Crippen molar-refractivity contribution < 1.29 is 10.1 Å². The lowest BCUT2D eigenvalue weighted by atomic mass is 10.2. The SMILES string of the molecule is C[C@@H]([NH2+]C[C@@H]1CCCO1)c1nc2scc(-c3cccs3)c2c(=O)[nH]1. The molecule has 24 heavy (non-hydrogen) atoms. The third-order valence-electron chi connectivity index (χ3n) is 4.46. The second-order valence-electron chi connectivity index (χ2n) is 6.15. The van der Waals surface area contributed by atoms with Gasteiger partial charge in [-0.3, -0.25) is 4.79 Å². The Labute approximate surface area is 147 Å². The summed E-state index contributed by atoms with van der Waals surface area (Å²) in [6.45, 7) is 3.86. The van der Waals surface area contributed by atoms with Crippen LogP contribution in [0.4, 0.5) is 0 Å². The van der Waals surface area contributed by atoms with Gasteiger partial charge in [0.2, 0.25) is 0 Å². The molecule has 5 nitrogen and oxygen atoms in total. The fraction of sp³-hybridized carbons (Fsp3) is 0.412. The van der Waals surface area contributed by atoms with Gasteiger partial charge in [0.15, 0.2) is 5.82 Å². The molecular formula is C17H20N3O2S2+. The average molecular weight is 363 g/mol. The second-order valence-corrected chi connectivity index (χ2v) is 7.96. The molecule has 7 heteroatoms. The number of nitrogens with zero attached hydrogens (tertiary/aromatic N) is 1. The van der Waals surface area contributed by atoms with E-state index in [4.69, 9.17) is 9.72 Å². The molecule has 1 fully saturated rings. The lowest BCUT2D eigenvalue weighted by Crippen LogP contribution is -2.86. The summed E-state index contributed by atoms with van der Waals surface area (Å²) in [4.78, 5) is 22.2. The Kier molecular flexibility index (Phi) is 4.49. The first-order chi connectivity index (χ1) is 11.7. The Bertz CT molecular complexity index is 879. The summed E-state index contributed by atoms with van der Waals surface area (Å²) in [5, 5.41) is 6.96. The zero-order chi connectivity index (χ0) is 16.5. The largest absolute Gasteiger partial charge is 0.372 e. The first-order valence-corrected chi connectivity index (χ1v) is 9.98. The predicted molar refractivity (Wildman–Crippen MR) is 97.7 cm³/mol. The highest BCUT2D eigenvalue weighted by atomic mass is 32.1. The molecule has 3 N–H and O–H groups in total. The highest BCUT2D eigenvalue weighted by Gasteiger charge is 2.21. The Morgan fingerprint density at radius 1 is 1.50 bits per heavy atom. The molecule has 1 saturated heterocycles. The van der Waals surface area contributed by atoms with Gasteiger partial charge in [0.05, 0.1) is 5.39 Å². The Hall–Kier alpha value is -1.54. The van der Waals surface area contributed by atoms with E-state index in [2.05, 4.69) is 17.2 Å². The van der Waals surface area contributed by atoms with Gasteiger partial charge < -0.3 is 15.0 Å². The van der Waals surface area contributed by atoms with Crippen molar-refractivity contribution >= 4 is 32.9 Å². The van der Waals surface area contributed by atoms with Gasteiger partial charge in [-0.15, -0.1) is 22.7 Å². The fourth-order valence-corrected chi connectivity index (χ4v) is 4.86. The number of nitrogens with two attached hydrogens (primary N) is 1. The van der Waals surface area contributed by atoms with Gasteiger partial charge in [-0.25, -0.2) is 4.98 Å². The van der Waals surface area contributed by atoms with Gasteiger partial charge in [0, 0.05) is 22.4 Å². The van der Waals surface area contributed by atoms with Gasteiger partial charge in [-0.1, -0.05) is 6.07 Å². The molecule has 0 bridgehead atoms. The van der Waals surface area contributed by atoms with E-state index < -0.39 is 0 Å². The summed E-state index contributed by atoms with van der Waals surface area (Å²) >= 11 is 3.18. The molecule has 4 rings (SSSR count). The number of H-pyrrole nitrogens is 1. The molecule has 0 radical (unpaired) electrons. The highest BCUT2D eigenvalue weighted by Crippen LogP contribution is 2.33. The highest BCUT2D eigenvalue weighted by molar-refractivity contribution is 7.18. The molecule has 0 aromatic carbocycles. The van der Waals surface area contributed by atoms with E-state index in [0.29, 0.717) is 11.5 Å². The quantitative estimate of drug-likeness (QED) is 0.733. The molecule has 1 aliphatic heterocycles. The van der Waals surface area contributed by atoms with E-state index in [1.165, 1.54) is 11.3 Å². The summed E-state index contributed by atoms with van der Waals surface area (Å²) in [6, 6.07) is 4.15. The molecule has 0 saturated carbocycles. The molecule has 4 heterocycles. The summed E-state index contributed by atoms with van der Waals surface area (Å²) < 4.78 is 5.66. The van der Waals surface area contributed by atoms with Gasteiger partial charge in [0.1, 0.15) is 23.5 Å². The van der Waals surface area contributed by atoms with Gasteiger partial charge in [0.25, 0.3) is 5.56 Å². The average Bonchev–Trinajstić information content (AvgIpc) is 3.31. The predicted octanol–water partition coefficient (Wildman–Crippen LogP) is 2.52. The normalized spacial score (nSPS) is 19.1. The van der Waals surface area contributed by atoms with Gasteiger partial charge >= 0.3 is 0 Å². The number of aromatic nitrogens is 2. The Morgan fingerprint density at radius 3 is 3.17 bits per heavy atom. The standard InChI is InChI=1S/C17H19N3O2S2/c1-10(18-8-11-4-2-6-22-11)15-19-16(21)14-12(9-24-17(14)20-15)13-5-3-7-23-13/h3,5,7,9-11,18H,2,4,6,8H2,1H3,(H,19,20,21)/p+1/t10-,11+/m1/s1. The maximum absolute atomic E-state index is 12.6. The van der Waals surface area contributed by atoms with Crippen LogP contribution in [0.25, 0.3) is 20.7 Å². The van der Waals surface area contributed by atoms with Crippen LogP contribution in [0.3, 0.4) is 0 Å². The van der Waals surface area contributed by atoms with Crippen LogP contribution >= 0.6 is 22.7 Å². The smallest absolute Gasteiger partial charge is 0.260 e. The molecule has 2 atom stereocenters. The maximum atomic E-state index is 12.6. The van der Waals surface area contributed by atoms with Crippen molar-refractivity contribution in [1.82, 2.24) is 9.97 Å². The van der Waals surface area contributed by atoms with Crippen LogP contribution in [0, 0.1) is 0 Å². The van der Waals surface area contributed by atoms with Gasteiger partial charge in [-0.05, 0) is 31.2 Å². The molecule has 1 aliphatic rings. The third-order valence-corrected chi connectivity index (χ3v) is 6.23. The minimum atomic E-state index is -0.0444. The van der Waals surface area contributed by atoms with Crippen LogP contribution in [0.1, 0.15) is 31.6 Å². The summed E-state index contributed by atoms with van der Waals surface area (Å²) in [7, 11) is 0. The van der Waals surface area contributed by atoms with E-state index >= 15 is 0 Å². The zero-order valence-corrected chi connectivity index (χ0v) is 15.1. The molecule has 3 aromatic heterocycles. The number of fused-ring (bicyclic) bond motifs is 1. The monoisotopic (exact) mass is 362 g/mol. The van der Waals surface area contributed by atoms with Crippen molar-refractivity contribution in [2.75, 3.05) is 13.2 Å². The van der Waals surface area contributed by atoms with Crippen LogP contribution in [0.2, 0.25) is 0 Å². The second kappa shape index (κ2) is 6.76. The number of aromatic amines is 1. The molecule has 0 unspecified atom stereocenters. The van der Waals surface area contributed by atoms with E-state index in [-0.39, 0.29) is 11.6 Å². The van der Waals surface area contributed by atoms with Crippen molar-refractivity contribution in [1.29, 1.82) is 0 Å². The number of nitrogens with one attached hydrogen (secondary N) is 1. The third kappa shape index (κ3) is 3.04. The molecule has 126 valence electrons. The zero-order valence-electron chi connectivity index (χ0n) is 13.5. The summed E-state index contributed by atoms with van der Waals surface area (Å²) in [6.07, 6.45) is 2.60. The maximum Gasteiger partial charge on any atom is 0.260 e. The van der Waals surface area contributed by atoms with Crippen LogP contribution in [-0.2, 0) is 4.74 Å². The fourth-order valence-electron chi connectivity index (χ4n) is 3.09. The Balaban J connectivity index is 1.60. The van der Waals surface area contributed by atoms with Crippen molar-refractivity contribution in [3.8, 4) is 10.4 Å². The van der Waals surface area contributed by atoms with Crippen LogP contribution in [-0.4, -0.2) is 29.2 Å². The van der Waals surface area contributed by atoms with Crippen LogP contribution < -0.4 is 10.9 Å². The van der Waals surface area contributed by atoms with E-state index in [0.717, 1.165) is 47.1 Å². The molecule has 0 aliphatic carbocycles. The van der Waals surface area contributed by atoms with Crippen molar-refractivity contribution in [3.05, 3.63) is 39.1 Å². The number of hydrogen-bond acceptors (Lipinski definition) is 5. The minimum absolute atomic E-state index is 0.0444. The van der Waals surface area contributed by atoms with Crippen LogP contribution in [0.15, 0.2) is 27.7 Å². The van der Waals surface area contributed by atoms with E-state index in [9.17, 15) is 4.79 Å². The van der Waals surface area contributed by atoms with Crippen molar-refractivity contribution in [3.63, 3.8) is 0 Å². The van der Waals surface area contributed by atoms with Gasteiger partial charge in [-0.2, -0.15) is 0 Å². The topological polar surface area (TPSA) is 71.6 Å². The summed E-state index contributed by atoms with van der Waals surface area (Å²) in [5.41, 5.74) is 0.943. The lowest BCUT2D eigenvalue weighted by molar-refractivity contribution is -0.699. The molecule has 0 amide bonds. The minimum Gasteiger partial charge on any atom is -0.372 e. The number of rotatable bonds is 5. The molecular weight excluding hydrogens is 342 g/mol. The molecule has 3 aromatic rings. The van der Waals surface area contributed by atoms with E-state index in [1.54, 1.807) is 11.3 Å². The van der Waals surface area contributed by atoms with Crippen molar-refractivity contribution in [2.45, 2.75) is 31.9 Å². The van der Waals surface area contributed by atoms with Crippen molar-refractivity contribution in [2.24, 2.45) is 0 Å². The number of thiophene rings is 2. The first-order valence-electron chi connectivity index (χ1n) is 8.22. The lowest BCUT2D eigenvalue weighted by Gasteiger charge is -2.13. The number of hydrogen-bond donors (Lipinski definition) is 2. The van der Waals surface area contributed by atoms with Crippen LogP contribution in [0.5, 0.6) is 0 Å². The Morgan fingerprint density at radius 2 is 2.42 bits per heavy atom. The summed E-state index contributed by atoms with van der Waals surface area (Å²) in [5.74, 6) is 0.741. The number of ether oxygens (including phenoxy) is 1. The first kappa shape index (κ1) is 16.0. The van der Waals surface area contributed by atoms with E-state index in [1.807, 2.05) is 22.9 Å². The number of quaternary nitrogens is 1.